The van der Waals surface area contributed by atoms with Crippen LogP contribution in [-0.4, -0.2) is 57.9 Å². The van der Waals surface area contributed by atoms with Crippen LogP contribution in [0, 0.1) is 0 Å². The Morgan fingerprint density at radius 3 is 2.21 bits per heavy atom. The third-order valence-corrected chi connectivity index (χ3v) is 3.51. The largest absolute Gasteiger partial charge is 0.320 e. The summed E-state index contributed by atoms with van der Waals surface area (Å²) in [5.41, 5.74) is -0.867. The van der Waals surface area contributed by atoms with Crippen molar-refractivity contribution in [3.05, 3.63) is 0 Å². The van der Waals surface area contributed by atoms with Gasteiger partial charge in [-0.1, -0.05) is 0 Å². The molecule has 0 rings (SSSR count). The van der Waals surface area contributed by atoms with Gasteiger partial charge >= 0.3 is 0 Å². The van der Waals surface area contributed by atoms with Crippen molar-refractivity contribution in [2.75, 3.05) is 33.1 Å². The average Bonchev–Trinajstić information content (AvgIpc) is 2.07. The molecule has 0 saturated heterocycles. The van der Waals surface area contributed by atoms with Gasteiger partial charge in [0.1, 0.15) is 5.88 Å². The molecule has 5 nitrogen and oxygen atoms in total. The summed E-state index contributed by atoms with van der Waals surface area (Å²) in [5.74, 6) is -3.49. The number of hydrogen-bond donors (Lipinski definition) is 1. The highest BCUT2D eigenvalue weighted by atomic mass is 32.2. The van der Waals surface area contributed by atoms with Gasteiger partial charge in [-0.25, -0.2) is 8.78 Å². The van der Waals surface area contributed by atoms with E-state index < -0.39 is 34.1 Å². The molecule has 0 saturated carbocycles. The lowest BCUT2D eigenvalue weighted by Gasteiger charge is -2.25. The Kier molecular flexibility index (Phi) is 6.80. The summed E-state index contributed by atoms with van der Waals surface area (Å²) in [6, 6.07) is 0. The molecule has 0 unspecified atom stereocenters. The summed E-state index contributed by atoms with van der Waals surface area (Å²) < 4.78 is 55.0. The van der Waals surface area contributed by atoms with E-state index in [1.165, 1.54) is 7.05 Å². The predicted molar refractivity (Wildman–Crippen MR) is 70.7 cm³/mol. The summed E-state index contributed by atoms with van der Waals surface area (Å²) in [6.07, 6.45) is -0.339. The molecule has 0 aromatic rings. The molecule has 0 spiro atoms. The van der Waals surface area contributed by atoms with Crippen molar-refractivity contribution in [1.29, 1.82) is 0 Å². The van der Waals surface area contributed by atoms with Crippen LogP contribution in [0.1, 0.15) is 27.2 Å². The number of alkyl halides is 2. The second-order valence-electron chi connectivity index (χ2n) is 5.61. The normalized spacial score (nSPS) is 14.1. The number of hydrogen-bond acceptors (Lipinski definition) is 5. The molecule has 0 aliphatic heterocycles. The zero-order valence-corrected chi connectivity index (χ0v) is 13.0. The first kappa shape index (κ1) is 18.7. The van der Waals surface area contributed by atoms with Crippen LogP contribution in [0.25, 0.3) is 0 Å². The predicted octanol–water partition coefficient (Wildman–Crippen LogP) is 1.27. The van der Waals surface area contributed by atoms with Crippen LogP contribution in [0.2, 0.25) is 0 Å². The molecule has 0 atom stereocenters. The molecule has 0 aliphatic carbocycles. The van der Waals surface area contributed by atoms with Crippen molar-refractivity contribution >= 4 is 10.1 Å². The van der Waals surface area contributed by atoms with Crippen molar-refractivity contribution < 1.29 is 21.4 Å². The van der Waals surface area contributed by atoms with Gasteiger partial charge < -0.3 is 5.32 Å². The molecule has 1 N–H and O–H groups in total. The molecule has 0 fully saturated rings. The standard InChI is InChI=1S/C11H24F2N2O3S/c1-10(2,3)18-19(16,17)9-15(5)8-11(12,13)6-7-14-4/h14H,6-9H2,1-5H3. The second-order valence-corrected chi connectivity index (χ2v) is 7.15. The van der Waals surface area contributed by atoms with Crippen molar-refractivity contribution in [3.8, 4) is 0 Å². The van der Waals surface area contributed by atoms with E-state index in [2.05, 4.69) is 5.32 Å². The molecule has 19 heavy (non-hydrogen) atoms. The third kappa shape index (κ3) is 10.2. The van der Waals surface area contributed by atoms with Crippen LogP contribution in [0.3, 0.4) is 0 Å². The fourth-order valence-electron chi connectivity index (χ4n) is 1.50. The Balaban J connectivity index is 4.41. The average molecular weight is 302 g/mol. The minimum Gasteiger partial charge on any atom is -0.320 e. The molecule has 0 bridgehead atoms. The van der Waals surface area contributed by atoms with Gasteiger partial charge in [0.05, 0.1) is 12.1 Å². The van der Waals surface area contributed by atoms with E-state index in [1.54, 1.807) is 27.8 Å². The molecule has 116 valence electrons. The molecule has 0 aromatic heterocycles. The first-order valence-corrected chi connectivity index (χ1v) is 7.59. The summed E-state index contributed by atoms with van der Waals surface area (Å²) in [6.45, 7) is 4.32. The van der Waals surface area contributed by atoms with Gasteiger partial charge in [0.25, 0.3) is 16.0 Å². The fourth-order valence-corrected chi connectivity index (χ4v) is 2.95. The Morgan fingerprint density at radius 2 is 1.79 bits per heavy atom. The number of rotatable bonds is 8. The van der Waals surface area contributed by atoms with E-state index >= 15 is 0 Å². The summed E-state index contributed by atoms with van der Waals surface area (Å²) in [4.78, 5) is 1.05. The highest BCUT2D eigenvalue weighted by molar-refractivity contribution is 7.86. The topological polar surface area (TPSA) is 58.6 Å². The van der Waals surface area contributed by atoms with Crippen molar-refractivity contribution in [2.24, 2.45) is 0 Å². The van der Waals surface area contributed by atoms with E-state index in [0.29, 0.717) is 0 Å². The van der Waals surface area contributed by atoms with E-state index in [1.807, 2.05) is 0 Å². The molecular weight excluding hydrogens is 278 g/mol. The lowest BCUT2D eigenvalue weighted by atomic mass is 10.2. The molecule has 0 heterocycles. The van der Waals surface area contributed by atoms with Gasteiger partial charge in [0.2, 0.25) is 0 Å². The smallest absolute Gasteiger partial charge is 0.281 e. The number of nitrogens with zero attached hydrogens (tertiary/aromatic N) is 1. The van der Waals surface area contributed by atoms with Gasteiger partial charge in [0.15, 0.2) is 0 Å². The number of halogens is 2. The molecule has 0 amide bonds. The zero-order chi connectivity index (χ0) is 15.3. The summed E-state index contributed by atoms with van der Waals surface area (Å²) >= 11 is 0. The molecule has 0 aliphatic rings. The maximum atomic E-state index is 13.5. The van der Waals surface area contributed by atoms with Crippen LogP contribution < -0.4 is 5.32 Å². The van der Waals surface area contributed by atoms with Crippen LogP contribution >= 0.6 is 0 Å². The van der Waals surface area contributed by atoms with E-state index in [-0.39, 0.29) is 13.0 Å². The second kappa shape index (κ2) is 6.92. The van der Waals surface area contributed by atoms with Crippen molar-refractivity contribution in [1.82, 2.24) is 10.2 Å². The Hall–Kier alpha value is -0.310. The third-order valence-electron chi connectivity index (χ3n) is 2.00. The number of nitrogens with one attached hydrogen (secondary N) is 1. The van der Waals surface area contributed by atoms with E-state index in [0.717, 1.165) is 4.90 Å². The Labute approximate surface area is 114 Å². The minimum absolute atomic E-state index is 0.173. The van der Waals surface area contributed by atoms with Gasteiger partial charge in [-0.3, -0.25) is 9.08 Å². The highest BCUT2D eigenvalue weighted by Gasteiger charge is 2.32. The monoisotopic (exact) mass is 302 g/mol. The van der Waals surface area contributed by atoms with Gasteiger partial charge in [-0.15, -0.1) is 0 Å². The van der Waals surface area contributed by atoms with Crippen molar-refractivity contribution in [3.63, 3.8) is 0 Å². The summed E-state index contributed by atoms with van der Waals surface area (Å²) in [7, 11) is -0.939. The molecule has 0 radical (unpaired) electrons. The first-order valence-electron chi connectivity index (χ1n) is 6.01. The van der Waals surface area contributed by atoms with Crippen LogP contribution in [0.15, 0.2) is 0 Å². The van der Waals surface area contributed by atoms with E-state index in [4.69, 9.17) is 4.18 Å². The van der Waals surface area contributed by atoms with E-state index in [9.17, 15) is 17.2 Å². The highest BCUT2D eigenvalue weighted by Crippen LogP contribution is 2.20. The van der Waals surface area contributed by atoms with Gasteiger partial charge in [-0.2, -0.15) is 8.42 Å². The first-order chi connectivity index (χ1) is 8.37. The molecule has 8 heteroatoms. The van der Waals surface area contributed by atoms with Crippen LogP contribution in [-0.2, 0) is 14.3 Å². The lowest BCUT2D eigenvalue weighted by molar-refractivity contribution is -0.0299. The maximum absolute atomic E-state index is 13.5. The Bertz CT molecular complexity index is 367. The lowest BCUT2D eigenvalue weighted by Crippen LogP contribution is -2.40. The van der Waals surface area contributed by atoms with Crippen molar-refractivity contribution in [2.45, 2.75) is 38.7 Å². The molecule has 0 aromatic carbocycles. The SMILES string of the molecule is CNCCC(F)(F)CN(C)CS(=O)(=O)OC(C)(C)C. The van der Waals surface area contributed by atoms with Gasteiger partial charge in [0, 0.05) is 13.0 Å². The Morgan fingerprint density at radius 1 is 1.26 bits per heavy atom. The quantitative estimate of drug-likeness (QED) is 0.684. The van der Waals surface area contributed by atoms with Crippen LogP contribution in [0.4, 0.5) is 8.78 Å². The summed E-state index contributed by atoms with van der Waals surface area (Å²) in [5, 5.41) is 2.63. The molecular formula is C11H24F2N2O3S. The zero-order valence-electron chi connectivity index (χ0n) is 12.2. The fraction of sp³-hybridized carbons (Fsp3) is 1.00. The van der Waals surface area contributed by atoms with Crippen LogP contribution in [0.5, 0.6) is 0 Å². The maximum Gasteiger partial charge on any atom is 0.281 e. The minimum atomic E-state index is -3.85. The van der Waals surface area contributed by atoms with Gasteiger partial charge in [-0.05, 0) is 34.9 Å².